The van der Waals surface area contributed by atoms with E-state index in [0.717, 1.165) is 10.7 Å². The summed E-state index contributed by atoms with van der Waals surface area (Å²) in [6.07, 6.45) is 1.16. The third-order valence-corrected chi connectivity index (χ3v) is 4.51. The fourth-order valence-corrected chi connectivity index (χ4v) is 2.96. The van der Waals surface area contributed by atoms with Gasteiger partial charge in [-0.1, -0.05) is 22.0 Å². The van der Waals surface area contributed by atoms with Gasteiger partial charge in [0.15, 0.2) is 11.0 Å². The zero-order chi connectivity index (χ0) is 19.6. The first-order chi connectivity index (χ1) is 12.9. The number of rotatable bonds is 4. The molecule has 0 unspecified atom stereocenters. The molecule has 0 bridgehead atoms. The van der Waals surface area contributed by atoms with Gasteiger partial charge in [-0.15, -0.1) is 0 Å². The first-order valence-corrected chi connectivity index (χ1v) is 8.80. The van der Waals surface area contributed by atoms with Crippen LogP contribution in [-0.2, 0) is 9.59 Å². The van der Waals surface area contributed by atoms with Crippen LogP contribution in [0.2, 0.25) is 0 Å². The second-order valence-corrected chi connectivity index (χ2v) is 6.78. The summed E-state index contributed by atoms with van der Waals surface area (Å²) in [5.41, 5.74) is 0.622. The molecule has 1 N–H and O–H groups in total. The average molecular weight is 447 g/mol. The lowest BCUT2D eigenvalue weighted by Crippen LogP contribution is -2.58. The number of carbonyl (C=O) groups is 2. The van der Waals surface area contributed by atoms with E-state index in [-0.39, 0.29) is 16.5 Å². The molecule has 1 fully saturated rings. The van der Waals surface area contributed by atoms with Gasteiger partial charge in [-0.3, -0.25) is 29.6 Å². The molecule has 10 heteroatoms. The minimum Gasteiger partial charge on any atom is -0.301 e. The standard InChI is InChI=1S/C17H11BrN4O4S/c18-10-4-6-12(7-5-10)21-16(24)14(15(23)20-17(21)27)9-19-11-2-1-3-13(8-11)22(25)26/h1-9,14H,(H,20,23,27)/t14-/m0/s1. The van der Waals surface area contributed by atoms with E-state index in [1.807, 2.05) is 0 Å². The molecule has 2 amide bonds. The van der Waals surface area contributed by atoms with E-state index in [0.29, 0.717) is 5.69 Å². The van der Waals surface area contributed by atoms with E-state index in [1.54, 1.807) is 24.3 Å². The molecule has 1 atom stereocenters. The summed E-state index contributed by atoms with van der Waals surface area (Å²) >= 11 is 8.43. The summed E-state index contributed by atoms with van der Waals surface area (Å²) in [5, 5.41) is 13.3. The van der Waals surface area contributed by atoms with E-state index >= 15 is 0 Å². The Morgan fingerprint density at radius 2 is 1.93 bits per heavy atom. The van der Waals surface area contributed by atoms with Crippen molar-refractivity contribution in [3.05, 3.63) is 63.1 Å². The molecular formula is C17H11BrN4O4S. The van der Waals surface area contributed by atoms with Gasteiger partial charge in [0, 0.05) is 22.8 Å². The lowest BCUT2D eigenvalue weighted by atomic mass is 10.1. The van der Waals surface area contributed by atoms with E-state index in [1.165, 1.54) is 29.2 Å². The summed E-state index contributed by atoms with van der Waals surface area (Å²) in [7, 11) is 0. The first kappa shape index (κ1) is 18.8. The van der Waals surface area contributed by atoms with Crippen molar-refractivity contribution in [2.45, 2.75) is 0 Å². The van der Waals surface area contributed by atoms with Crippen LogP contribution in [0.3, 0.4) is 0 Å². The van der Waals surface area contributed by atoms with Crippen LogP contribution in [0.15, 0.2) is 58.0 Å². The van der Waals surface area contributed by atoms with E-state index in [2.05, 4.69) is 26.2 Å². The monoisotopic (exact) mass is 446 g/mol. The Hall–Kier alpha value is -2.98. The number of carbonyl (C=O) groups excluding carboxylic acids is 2. The number of hydrogen-bond donors (Lipinski definition) is 1. The molecule has 2 aromatic carbocycles. The fraction of sp³-hybridized carbons (Fsp3) is 0.0588. The lowest BCUT2D eigenvalue weighted by Gasteiger charge is -2.30. The molecule has 0 saturated carbocycles. The summed E-state index contributed by atoms with van der Waals surface area (Å²) in [5.74, 6) is -2.37. The number of halogens is 1. The summed E-state index contributed by atoms with van der Waals surface area (Å²) in [6, 6.07) is 12.4. The van der Waals surface area contributed by atoms with Crippen LogP contribution in [0.1, 0.15) is 0 Å². The molecule has 0 aliphatic carbocycles. The van der Waals surface area contributed by atoms with Crippen molar-refractivity contribution < 1.29 is 14.5 Å². The van der Waals surface area contributed by atoms with Crippen LogP contribution >= 0.6 is 28.1 Å². The molecular weight excluding hydrogens is 436 g/mol. The molecule has 8 nitrogen and oxygen atoms in total. The summed E-state index contributed by atoms with van der Waals surface area (Å²) < 4.78 is 0.828. The molecule has 136 valence electrons. The predicted octanol–water partition coefficient (Wildman–Crippen LogP) is 3.12. The highest BCUT2D eigenvalue weighted by Crippen LogP contribution is 2.24. The summed E-state index contributed by atoms with van der Waals surface area (Å²) in [6.45, 7) is 0. The minimum atomic E-state index is -1.21. The number of nitro benzene ring substituents is 1. The Kier molecular flexibility index (Phi) is 5.38. The smallest absolute Gasteiger partial charge is 0.271 e. The van der Waals surface area contributed by atoms with Gasteiger partial charge < -0.3 is 5.32 Å². The molecule has 0 radical (unpaired) electrons. The second kappa shape index (κ2) is 7.72. The van der Waals surface area contributed by atoms with Crippen LogP contribution in [0.4, 0.5) is 17.1 Å². The van der Waals surface area contributed by atoms with Crippen LogP contribution in [0, 0.1) is 16.0 Å². The number of amides is 2. The van der Waals surface area contributed by atoms with Gasteiger partial charge in [0.2, 0.25) is 5.91 Å². The SMILES string of the molecule is O=C1NC(=S)N(c2ccc(Br)cc2)C(=O)[C@H]1C=Nc1cccc([N+](=O)[O-])c1. The number of nitro groups is 1. The fourth-order valence-electron chi connectivity index (χ4n) is 2.40. The van der Waals surface area contributed by atoms with Gasteiger partial charge in [-0.2, -0.15) is 0 Å². The van der Waals surface area contributed by atoms with Crippen LogP contribution in [0.25, 0.3) is 0 Å². The number of non-ortho nitro benzene ring substituents is 1. The minimum absolute atomic E-state index is 0.0210. The van der Waals surface area contributed by atoms with Gasteiger partial charge in [-0.05, 0) is 42.5 Å². The first-order valence-electron chi connectivity index (χ1n) is 7.60. The molecule has 2 aromatic rings. The van der Waals surface area contributed by atoms with Gasteiger partial charge in [0.25, 0.3) is 11.6 Å². The Labute approximate surface area is 167 Å². The second-order valence-electron chi connectivity index (χ2n) is 5.48. The van der Waals surface area contributed by atoms with Gasteiger partial charge >= 0.3 is 0 Å². The lowest BCUT2D eigenvalue weighted by molar-refractivity contribution is -0.384. The maximum atomic E-state index is 12.8. The highest BCUT2D eigenvalue weighted by atomic mass is 79.9. The van der Waals surface area contributed by atoms with Gasteiger partial charge in [0.1, 0.15) is 0 Å². The van der Waals surface area contributed by atoms with Crippen molar-refractivity contribution >= 4 is 68.4 Å². The molecule has 0 spiro atoms. The average Bonchev–Trinajstić information content (AvgIpc) is 2.63. The third kappa shape index (κ3) is 4.07. The Balaban J connectivity index is 1.88. The van der Waals surface area contributed by atoms with E-state index in [9.17, 15) is 19.7 Å². The number of aliphatic imine (C=N–C) groups is 1. The maximum absolute atomic E-state index is 12.8. The number of nitrogens with zero attached hydrogens (tertiary/aromatic N) is 3. The van der Waals surface area contributed by atoms with Crippen LogP contribution in [-0.4, -0.2) is 28.1 Å². The summed E-state index contributed by atoms with van der Waals surface area (Å²) in [4.78, 5) is 40.5. The largest absolute Gasteiger partial charge is 0.301 e. The van der Waals surface area contributed by atoms with Crippen molar-refractivity contribution in [3.63, 3.8) is 0 Å². The predicted molar refractivity (Wildman–Crippen MR) is 107 cm³/mol. The van der Waals surface area contributed by atoms with Crippen molar-refractivity contribution in [1.29, 1.82) is 0 Å². The Bertz CT molecular complexity index is 977. The number of benzene rings is 2. The number of hydrogen-bond acceptors (Lipinski definition) is 6. The number of anilines is 1. The van der Waals surface area contributed by atoms with Crippen molar-refractivity contribution in [1.82, 2.24) is 5.32 Å². The third-order valence-electron chi connectivity index (χ3n) is 3.70. The van der Waals surface area contributed by atoms with Gasteiger partial charge in [0.05, 0.1) is 16.3 Å². The molecule has 3 rings (SSSR count). The zero-order valence-corrected chi connectivity index (χ0v) is 15.9. The molecule has 1 aliphatic rings. The number of thiocarbonyl (C=S) groups is 1. The van der Waals surface area contributed by atoms with E-state index in [4.69, 9.17) is 12.2 Å². The topological polar surface area (TPSA) is 105 Å². The quantitative estimate of drug-likeness (QED) is 0.255. The van der Waals surface area contributed by atoms with Crippen molar-refractivity contribution in [2.75, 3.05) is 4.90 Å². The highest BCUT2D eigenvalue weighted by Gasteiger charge is 2.38. The molecule has 1 saturated heterocycles. The van der Waals surface area contributed by atoms with Gasteiger partial charge in [-0.25, -0.2) is 0 Å². The molecule has 1 aliphatic heterocycles. The van der Waals surface area contributed by atoms with Crippen molar-refractivity contribution in [3.8, 4) is 0 Å². The molecule has 1 heterocycles. The van der Waals surface area contributed by atoms with E-state index < -0.39 is 22.7 Å². The number of nitrogens with one attached hydrogen (secondary N) is 1. The highest BCUT2D eigenvalue weighted by molar-refractivity contribution is 9.10. The van der Waals surface area contributed by atoms with Crippen LogP contribution in [0.5, 0.6) is 0 Å². The van der Waals surface area contributed by atoms with Crippen LogP contribution < -0.4 is 10.2 Å². The molecule has 27 heavy (non-hydrogen) atoms. The zero-order valence-electron chi connectivity index (χ0n) is 13.5. The Morgan fingerprint density at radius 1 is 1.22 bits per heavy atom. The normalized spacial score (nSPS) is 17.3. The van der Waals surface area contributed by atoms with Crippen molar-refractivity contribution in [2.24, 2.45) is 10.9 Å². The Morgan fingerprint density at radius 3 is 2.59 bits per heavy atom. The maximum Gasteiger partial charge on any atom is 0.271 e. The molecule has 0 aromatic heterocycles.